The molecule has 0 aliphatic heterocycles. The molecular weight excluding hydrogens is 311 g/mol. The summed E-state index contributed by atoms with van der Waals surface area (Å²) in [5.41, 5.74) is 0.793. The first-order valence-corrected chi connectivity index (χ1v) is 6.76. The first-order chi connectivity index (χ1) is 9.19. The second kappa shape index (κ2) is 6.52. The molecule has 0 aliphatic carbocycles. The lowest BCUT2D eigenvalue weighted by atomic mass is 10.3. The van der Waals surface area contributed by atoms with Crippen LogP contribution in [0.25, 0.3) is 0 Å². The van der Waals surface area contributed by atoms with Crippen LogP contribution in [0.5, 0.6) is 5.75 Å². The number of ether oxygens (including phenoxy) is 1. The van der Waals surface area contributed by atoms with Crippen LogP contribution in [0.3, 0.4) is 0 Å². The van der Waals surface area contributed by atoms with Crippen molar-refractivity contribution < 1.29 is 9.13 Å². The Kier molecular flexibility index (Phi) is 4.74. The maximum Gasteiger partial charge on any atom is 0.141 e. The molecule has 0 bridgehead atoms. The number of pyridine rings is 1. The van der Waals surface area contributed by atoms with Crippen LogP contribution in [0.1, 0.15) is 12.6 Å². The molecule has 2 aromatic rings. The van der Waals surface area contributed by atoms with E-state index in [9.17, 15) is 4.39 Å². The minimum Gasteiger partial charge on any atom is -0.487 e. The van der Waals surface area contributed by atoms with Crippen molar-refractivity contribution in [1.29, 1.82) is 0 Å². The lowest BCUT2D eigenvalue weighted by Gasteiger charge is -2.08. The molecule has 3 nitrogen and oxygen atoms in total. The molecule has 0 spiro atoms. The van der Waals surface area contributed by atoms with Crippen molar-refractivity contribution in [2.24, 2.45) is 0 Å². The lowest BCUT2D eigenvalue weighted by Crippen LogP contribution is -2.03. The van der Waals surface area contributed by atoms with Gasteiger partial charge in [0.1, 0.15) is 24.0 Å². The van der Waals surface area contributed by atoms with Gasteiger partial charge in [0.05, 0.1) is 10.2 Å². The zero-order valence-electron chi connectivity index (χ0n) is 10.5. The van der Waals surface area contributed by atoms with Gasteiger partial charge in [0.15, 0.2) is 0 Å². The molecule has 1 N–H and O–H groups in total. The Morgan fingerprint density at radius 2 is 2.16 bits per heavy atom. The summed E-state index contributed by atoms with van der Waals surface area (Å²) in [5, 5.41) is 3.13. The average Bonchev–Trinajstić information content (AvgIpc) is 2.41. The predicted molar refractivity (Wildman–Crippen MR) is 76.8 cm³/mol. The third-order valence-electron chi connectivity index (χ3n) is 2.44. The number of hydrogen-bond acceptors (Lipinski definition) is 3. The molecule has 0 unspecified atom stereocenters. The molecule has 5 heteroatoms. The van der Waals surface area contributed by atoms with E-state index in [0.717, 1.165) is 18.1 Å². The fourth-order valence-electron chi connectivity index (χ4n) is 1.56. The highest BCUT2D eigenvalue weighted by Crippen LogP contribution is 2.21. The van der Waals surface area contributed by atoms with Crippen molar-refractivity contribution in [3.05, 3.63) is 52.4 Å². The molecule has 0 atom stereocenters. The van der Waals surface area contributed by atoms with Crippen molar-refractivity contribution in [2.75, 3.05) is 11.9 Å². The van der Waals surface area contributed by atoms with Crippen LogP contribution in [-0.2, 0) is 6.61 Å². The lowest BCUT2D eigenvalue weighted by molar-refractivity contribution is 0.300. The Morgan fingerprint density at radius 3 is 2.89 bits per heavy atom. The van der Waals surface area contributed by atoms with Gasteiger partial charge >= 0.3 is 0 Å². The third-order valence-corrected chi connectivity index (χ3v) is 3.09. The number of rotatable bonds is 5. The van der Waals surface area contributed by atoms with E-state index in [0.29, 0.717) is 16.8 Å². The first-order valence-electron chi connectivity index (χ1n) is 5.96. The van der Waals surface area contributed by atoms with Crippen molar-refractivity contribution in [1.82, 2.24) is 4.98 Å². The summed E-state index contributed by atoms with van der Waals surface area (Å²) in [7, 11) is 0. The van der Waals surface area contributed by atoms with Gasteiger partial charge in [0.2, 0.25) is 0 Å². The van der Waals surface area contributed by atoms with Crippen molar-refractivity contribution >= 4 is 21.7 Å². The van der Waals surface area contributed by atoms with Crippen LogP contribution in [0, 0.1) is 5.82 Å². The molecule has 2 rings (SSSR count). The Morgan fingerprint density at radius 1 is 1.32 bits per heavy atom. The highest BCUT2D eigenvalue weighted by Gasteiger charge is 2.03. The van der Waals surface area contributed by atoms with Gasteiger partial charge in [0.25, 0.3) is 0 Å². The van der Waals surface area contributed by atoms with E-state index in [1.54, 1.807) is 12.1 Å². The van der Waals surface area contributed by atoms with E-state index in [-0.39, 0.29) is 5.82 Å². The largest absolute Gasteiger partial charge is 0.487 e. The molecule has 0 fully saturated rings. The summed E-state index contributed by atoms with van der Waals surface area (Å²) in [6, 6.07) is 10.3. The fraction of sp³-hybridized carbons (Fsp3) is 0.214. The topological polar surface area (TPSA) is 34.1 Å². The Hall–Kier alpha value is -1.62. The minimum absolute atomic E-state index is 0.306. The quantitative estimate of drug-likeness (QED) is 0.902. The SMILES string of the molecule is CCNc1cccc(COc2ccc(Br)c(F)c2)n1. The maximum absolute atomic E-state index is 13.3. The zero-order chi connectivity index (χ0) is 13.7. The number of halogens is 2. The molecule has 0 amide bonds. The summed E-state index contributed by atoms with van der Waals surface area (Å²) in [6.45, 7) is 3.13. The van der Waals surface area contributed by atoms with Gasteiger partial charge in [-0.1, -0.05) is 6.07 Å². The van der Waals surface area contributed by atoms with E-state index in [2.05, 4.69) is 26.2 Å². The van der Waals surface area contributed by atoms with Gasteiger partial charge in [-0.2, -0.15) is 0 Å². The van der Waals surface area contributed by atoms with Crippen LogP contribution < -0.4 is 10.1 Å². The van der Waals surface area contributed by atoms with E-state index in [1.807, 2.05) is 25.1 Å². The van der Waals surface area contributed by atoms with Gasteiger partial charge in [-0.15, -0.1) is 0 Å². The molecule has 1 aromatic carbocycles. The number of nitrogens with one attached hydrogen (secondary N) is 1. The molecule has 100 valence electrons. The van der Waals surface area contributed by atoms with Crippen molar-refractivity contribution in [3.8, 4) is 5.75 Å². The molecule has 0 aliphatic rings. The number of benzene rings is 1. The predicted octanol–water partition coefficient (Wildman–Crippen LogP) is 3.99. The standard InChI is InChI=1S/C14H14BrFN2O/c1-2-17-14-5-3-4-10(18-14)9-19-11-6-7-12(15)13(16)8-11/h3-8H,2,9H2,1H3,(H,17,18). The first kappa shape index (κ1) is 13.8. The van der Waals surface area contributed by atoms with Crippen LogP contribution in [0.2, 0.25) is 0 Å². The number of anilines is 1. The van der Waals surface area contributed by atoms with Crippen molar-refractivity contribution in [2.45, 2.75) is 13.5 Å². The van der Waals surface area contributed by atoms with Gasteiger partial charge in [-0.25, -0.2) is 9.37 Å². The maximum atomic E-state index is 13.3. The summed E-state index contributed by atoms with van der Waals surface area (Å²) < 4.78 is 19.3. The third kappa shape index (κ3) is 3.92. The number of nitrogens with zero attached hydrogens (tertiary/aromatic N) is 1. The Bertz CT molecular complexity index is 563. The van der Waals surface area contributed by atoms with E-state index < -0.39 is 0 Å². The summed E-state index contributed by atoms with van der Waals surface area (Å²) in [6.07, 6.45) is 0. The van der Waals surface area contributed by atoms with Crippen LogP contribution in [0.15, 0.2) is 40.9 Å². The second-order valence-corrected chi connectivity index (χ2v) is 4.76. The smallest absolute Gasteiger partial charge is 0.141 e. The van der Waals surface area contributed by atoms with E-state index >= 15 is 0 Å². The molecule has 1 aromatic heterocycles. The summed E-state index contributed by atoms with van der Waals surface area (Å²) in [4.78, 5) is 4.38. The van der Waals surface area contributed by atoms with Gasteiger partial charge < -0.3 is 10.1 Å². The monoisotopic (exact) mass is 324 g/mol. The Labute approximate surface area is 119 Å². The van der Waals surface area contributed by atoms with Crippen LogP contribution in [-0.4, -0.2) is 11.5 Å². The average molecular weight is 325 g/mol. The minimum atomic E-state index is -0.341. The highest BCUT2D eigenvalue weighted by atomic mass is 79.9. The number of hydrogen-bond donors (Lipinski definition) is 1. The molecule has 19 heavy (non-hydrogen) atoms. The molecular formula is C14H14BrFN2O. The summed E-state index contributed by atoms with van der Waals surface area (Å²) in [5.74, 6) is 0.953. The molecule has 0 saturated carbocycles. The highest BCUT2D eigenvalue weighted by molar-refractivity contribution is 9.10. The normalized spacial score (nSPS) is 10.3. The van der Waals surface area contributed by atoms with Gasteiger partial charge in [-0.05, 0) is 47.1 Å². The van der Waals surface area contributed by atoms with Gasteiger partial charge in [-0.3, -0.25) is 0 Å². The molecule has 0 saturated heterocycles. The number of aromatic nitrogens is 1. The van der Waals surface area contributed by atoms with E-state index in [1.165, 1.54) is 6.07 Å². The van der Waals surface area contributed by atoms with Gasteiger partial charge in [0, 0.05) is 12.6 Å². The molecule has 0 radical (unpaired) electrons. The van der Waals surface area contributed by atoms with Crippen molar-refractivity contribution in [3.63, 3.8) is 0 Å². The van der Waals surface area contributed by atoms with Crippen LogP contribution in [0.4, 0.5) is 10.2 Å². The fourth-order valence-corrected chi connectivity index (χ4v) is 1.81. The Balaban J connectivity index is 2.01. The molecule has 1 heterocycles. The van der Waals surface area contributed by atoms with E-state index in [4.69, 9.17) is 4.74 Å². The second-order valence-electron chi connectivity index (χ2n) is 3.91. The summed E-state index contributed by atoms with van der Waals surface area (Å²) >= 11 is 3.10. The zero-order valence-corrected chi connectivity index (χ0v) is 12.1. The van der Waals surface area contributed by atoms with Crippen LogP contribution >= 0.6 is 15.9 Å².